The highest BCUT2D eigenvalue weighted by molar-refractivity contribution is 7.86. The molecule has 1 aromatic rings. The number of aliphatic carboxylic acids is 1. The van der Waals surface area contributed by atoms with E-state index >= 15 is 0 Å². The number of carboxylic acids is 1. The van der Waals surface area contributed by atoms with E-state index < -0.39 is 22.6 Å². The SMILES string of the molecule is O=C(O)/C=C/C(=O)CS(=O)CC(O)=[NH+]C/C=C/COc1cc(CN2CCCCC2)ccn1. The summed E-state index contributed by atoms with van der Waals surface area (Å²) >= 11 is 0. The minimum atomic E-state index is -1.64. The zero-order valence-corrected chi connectivity index (χ0v) is 18.8. The molecule has 10 heteroatoms. The third-order valence-corrected chi connectivity index (χ3v) is 5.79. The van der Waals surface area contributed by atoms with E-state index in [1.54, 1.807) is 18.3 Å². The number of carbonyl (C=O) groups excluding carboxylic acids is 1. The molecule has 0 bridgehead atoms. The number of likely N-dealkylation sites (tertiary alicyclic amines) is 1. The van der Waals surface area contributed by atoms with Gasteiger partial charge in [0.1, 0.15) is 12.4 Å². The number of nitrogens with zero attached hydrogens (tertiary/aromatic N) is 2. The Morgan fingerprint density at radius 1 is 1.16 bits per heavy atom. The summed E-state index contributed by atoms with van der Waals surface area (Å²) in [5.41, 5.74) is 1.17. The molecule has 2 rings (SSSR count). The van der Waals surface area contributed by atoms with Gasteiger partial charge in [-0.2, -0.15) is 0 Å². The summed E-state index contributed by atoms with van der Waals surface area (Å²) in [6.45, 7) is 3.77. The third-order valence-electron chi connectivity index (χ3n) is 4.58. The molecule has 9 nitrogen and oxygen atoms in total. The van der Waals surface area contributed by atoms with Crippen LogP contribution in [0.1, 0.15) is 24.8 Å². The second-order valence-electron chi connectivity index (χ2n) is 7.32. The number of allylic oxidation sites excluding steroid dienone is 1. The van der Waals surface area contributed by atoms with Crippen LogP contribution in [-0.4, -0.2) is 79.7 Å². The lowest BCUT2D eigenvalue weighted by atomic mass is 10.1. The summed E-state index contributed by atoms with van der Waals surface area (Å²) < 4.78 is 17.4. The quantitative estimate of drug-likeness (QED) is 0.161. The number of rotatable bonds is 13. The molecule has 3 N–H and O–H groups in total. The van der Waals surface area contributed by atoms with Crippen LogP contribution in [0.15, 0.2) is 42.6 Å². The molecule has 1 unspecified atom stereocenters. The predicted octanol–water partition coefficient (Wildman–Crippen LogP) is -0.00180. The molecule has 1 aliphatic rings. The van der Waals surface area contributed by atoms with Gasteiger partial charge in [-0.05, 0) is 55.8 Å². The molecule has 0 aliphatic carbocycles. The van der Waals surface area contributed by atoms with Crippen LogP contribution in [0.25, 0.3) is 0 Å². The van der Waals surface area contributed by atoms with Crippen molar-refractivity contribution in [2.75, 3.05) is 37.7 Å². The zero-order chi connectivity index (χ0) is 23.2. The number of aromatic nitrogens is 1. The topological polar surface area (TPSA) is 131 Å². The number of ether oxygens (including phenoxy) is 1. The summed E-state index contributed by atoms with van der Waals surface area (Å²) in [6.07, 6.45) is 10.6. The number of carboxylic acid groups (broad SMARTS) is 1. The summed E-state index contributed by atoms with van der Waals surface area (Å²) in [4.78, 5) is 31.1. The molecular weight excluding hydrogens is 434 g/mol. The summed E-state index contributed by atoms with van der Waals surface area (Å²) in [6, 6.07) is 3.95. The summed E-state index contributed by atoms with van der Waals surface area (Å²) in [7, 11) is -1.64. The first-order valence-corrected chi connectivity index (χ1v) is 11.9. The van der Waals surface area contributed by atoms with Crippen molar-refractivity contribution in [1.29, 1.82) is 0 Å². The standard InChI is InChI=1S/C22H29N3O6S/c26-19(6-7-22(28)29)16-32(30)17-20(27)23-9-2-5-13-31-21-14-18(8-10-24-21)15-25-11-3-1-4-12-25/h2,5-8,10,14H,1,3-4,9,11-13,15-17H2,(H,23,27)(H,28,29)/p+1/b5-2+,7-6+. The molecule has 2 heterocycles. The first-order valence-electron chi connectivity index (χ1n) is 10.4. The number of ketones is 1. The first kappa shape index (κ1) is 25.4. The highest BCUT2D eigenvalue weighted by Gasteiger charge is 2.12. The lowest BCUT2D eigenvalue weighted by molar-refractivity contribution is -0.454. The van der Waals surface area contributed by atoms with Crippen LogP contribution >= 0.6 is 0 Å². The number of aliphatic hydroxyl groups is 1. The molecule has 1 aromatic heterocycles. The monoisotopic (exact) mass is 464 g/mol. The van der Waals surface area contributed by atoms with E-state index in [0.29, 0.717) is 25.1 Å². The fourth-order valence-electron chi connectivity index (χ4n) is 3.09. The zero-order valence-electron chi connectivity index (χ0n) is 17.9. The van der Waals surface area contributed by atoms with Crippen LogP contribution in [0.3, 0.4) is 0 Å². The largest absolute Gasteiger partial charge is 0.478 e. The predicted molar refractivity (Wildman–Crippen MR) is 121 cm³/mol. The molecule has 0 saturated carbocycles. The molecule has 0 radical (unpaired) electrons. The van der Waals surface area contributed by atoms with Gasteiger partial charge >= 0.3 is 11.9 Å². The number of hydrogen-bond donors (Lipinski definition) is 3. The Hall–Kier alpha value is -2.85. The van der Waals surface area contributed by atoms with Crippen molar-refractivity contribution < 1.29 is 33.7 Å². The molecule has 1 aliphatic heterocycles. The normalized spacial score (nSPS) is 16.4. The lowest BCUT2D eigenvalue weighted by Crippen LogP contribution is -2.73. The van der Waals surface area contributed by atoms with Crippen molar-refractivity contribution in [2.24, 2.45) is 0 Å². The van der Waals surface area contributed by atoms with Gasteiger partial charge in [0.05, 0.1) is 5.75 Å². The maximum absolute atomic E-state index is 11.8. The van der Waals surface area contributed by atoms with Gasteiger partial charge in [-0.15, -0.1) is 0 Å². The van der Waals surface area contributed by atoms with E-state index in [2.05, 4.69) is 14.9 Å². The van der Waals surface area contributed by atoms with Crippen molar-refractivity contribution in [3.8, 4) is 5.88 Å². The van der Waals surface area contributed by atoms with Gasteiger partial charge < -0.3 is 14.9 Å². The van der Waals surface area contributed by atoms with Crippen LogP contribution < -0.4 is 9.73 Å². The van der Waals surface area contributed by atoms with E-state index in [0.717, 1.165) is 25.7 Å². The molecular formula is C22H30N3O6S+. The van der Waals surface area contributed by atoms with E-state index in [-0.39, 0.29) is 17.4 Å². The molecule has 1 fully saturated rings. The average molecular weight is 465 g/mol. The van der Waals surface area contributed by atoms with Gasteiger partial charge in [0.2, 0.25) is 5.88 Å². The molecule has 0 spiro atoms. The summed E-state index contributed by atoms with van der Waals surface area (Å²) in [5, 5.41) is 18.2. The fourth-order valence-corrected chi connectivity index (χ4v) is 4.01. The van der Waals surface area contributed by atoms with E-state index in [4.69, 9.17) is 9.84 Å². The average Bonchev–Trinajstić information content (AvgIpc) is 2.75. The van der Waals surface area contributed by atoms with Gasteiger partial charge in [0.15, 0.2) is 12.3 Å². The third kappa shape index (κ3) is 11.0. The van der Waals surface area contributed by atoms with Crippen molar-refractivity contribution in [2.45, 2.75) is 25.8 Å². The Balaban J connectivity index is 1.67. The Morgan fingerprint density at radius 3 is 2.69 bits per heavy atom. The number of hydrogen-bond acceptors (Lipinski definition) is 6. The summed E-state index contributed by atoms with van der Waals surface area (Å²) in [5.74, 6) is -2.06. The fraction of sp³-hybridized carbons (Fsp3) is 0.455. The number of aliphatic hydroxyl groups excluding tert-OH is 1. The van der Waals surface area contributed by atoms with Gasteiger partial charge in [-0.25, -0.2) is 14.8 Å². The van der Waals surface area contributed by atoms with Crippen LogP contribution in [0.4, 0.5) is 0 Å². The first-order chi connectivity index (χ1) is 15.4. The molecule has 0 amide bonds. The van der Waals surface area contributed by atoms with Gasteiger partial charge in [0.25, 0.3) is 0 Å². The molecule has 1 saturated heterocycles. The molecule has 1 atom stereocenters. The second-order valence-corrected chi connectivity index (χ2v) is 8.77. The van der Waals surface area contributed by atoms with E-state index in [1.807, 2.05) is 12.1 Å². The van der Waals surface area contributed by atoms with Crippen molar-refractivity contribution in [3.05, 3.63) is 48.2 Å². The Bertz CT molecular complexity index is 878. The second kappa shape index (κ2) is 14.3. The maximum atomic E-state index is 11.8. The highest BCUT2D eigenvalue weighted by atomic mass is 32.2. The smallest absolute Gasteiger partial charge is 0.345 e. The number of carbonyl (C=O) groups is 2. The van der Waals surface area contributed by atoms with Crippen molar-refractivity contribution in [3.63, 3.8) is 0 Å². The van der Waals surface area contributed by atoms with E-state index in [1.165, 1.54) is 24.8 Å². The van der Waals surface area contributed by atoms with Crippen LogP contribution in [0, 0.1) is 0 Å². The number of pyridine rings is 1. The number of nitrogens with one attached hydrogen (secondary N) is 1. The highest BCUT2D eigenvalue weighted by Crippen LogP contribution is 2.15. The van der Waals surface area contributed by atoms with Crippen LogP contribution in [0.5, 0.6) is 5.88 Å². The van der Waals surface area contributed by atoms with Gasteiger partial charge in [-0.1, -0.05) is 6.42 Å². The minimum Gasteiger partial charge on any atom is -0.478 e. The van der Waals surface area contributed by atoms with Crippen molar-refractivity contribution in [1.82, 2.24) is 9.88 Å². The van der Waals surface area contributed by atoms with Gasteiger partial charge in [0, 0.05) is 35.7 Å². The minimum absolute atomic E-state index is 0.212. The molecule has 32 heavy (non-hydrogen) atoms. The Labute approximate surface area is 190 Å². The van der Waals surface area contributed by atoms with Gasteiger partial charge in [-0.3, -0.25) is 13.9 Å². The van der Waals surface area contributed by atoms with Crippen LogP contribution in [0.2, 0.25) is 0 Å². The van der Waals surface area contributed by atoms with Crippen LogP contribution in [-0.2, 0) is 26.9 Å². The molecule has 0 aromatic carbocycles. The number of piperidine rings is 1. The van der Waals surface area contributed by atoms with E-state index in [9.17, 15) is 18.9 Å². The maximum Gasteiger partial charge on any atom is 0.345 e. The Morgan fingerprint density at radius 2 is 1.94 bits per heavy atom. The Kier molecular flexibility index (Phi) is 11.3. The van der Waals surface area contributed by atoms with Crippen molar-refractivity contribution >= 4 is 28.4 Å². The molecule has 174 valence electrons. The lowest BCUT2D eigenvalue weighted by Gasteiger charge is -2.26.